The van der Waals surface area contributed by atoms with Crippen molar-refractivity contribution in [2.75, 3.05) is 19.6 Å². The summed E-state index contributed by atoms with van der Waals surface area (Å²) in [7, 11) is 0. The molecule has 0 atom stereocenters. The Labute approximate surface area is 126 Å². The van der Waals surface area contributed by atoms with Crippen molar-refractivity contribution in [2.24, 2.45) is 0 Å². The molecule has 0 bridgehead atoms. The number of carbonyl (C=O) groups excluding carboxylic acids is 1. The van der Waals surface area contributed by atoms with Gasteiger partial charge < -0.3 is 10.2 Å². The van der Waals surface area contributed by atoms with Gasteiger partial charge >= 0.3 is 0 Å². The number of aromatic nitrogens is 2. The third-order valence-corrected chi connectivity index (χ3v) is 3.87. The summed E-state index contributed by atoms with van der Waals surface area (Å²) in [5.41, 5.74) is 1.84. The largest absolute Gasteiger partial charge is 0.343 e. The third-order valence-electron chi connectivity index (χ3n) is 3.38. The lowest BCUT2D eigenvalue weighted by atomic mass is 10.3. The second-order valence-corrected chi connectivity index (χ2v) is 5.03. The highest BCUT2D eigenvalue weighted by Gasteiger charge is 2.12. The van der Waals surface area contributed by atoms with Gasteiger partial charge in [-0.2, -0.15) is 5.10 Å². The summed E-state index contributed by atoms with van der Waals surface area (Å²) in [6.45, 7) is 11.6. The standard InChI is InChI=1S/C14H25ClN4O/c1-5-18(6-2)13(20)8-9-16-10-12-14(15)11(4)17-19(12)7-3/h16H,5-10H2,1-4H3. The lowest BCUT2D eigenvalue weighted by molar-refractivity contribution is -0.130. The first-order valence-electron chi connectivity index (χ1n) is 7.25. The fraction of sp³-hybridized carbons (Fsp3) is 0.714. The highest BCUT2D eigenvalue weighted by molar-refractivity contribution is 6.31. The zero-order valence-electron chi connectivity index (χ0n) is 12.9. The molecule has 0 saturated carbocycles. The fourth-order valence-electron chi connectivity index (χ4n) is 2.17. The zero-order chi connectivity index (χ0) is 15.1. The van der Waals surface area contributed by atoms with Crippen molar-refractivity contribution in [3.8, 4) is 0 Å². The van der Waals surface area contributed by atoms with Gasteiger partial charge in [-0.15, -0.1) is 0 Å². The van der Waals surface area contributed by atoms with Crippen LogP contribution in [0.1, 0.15) is 38.6 Å². The first kappa shape index (κ1) is 17.0. The van der Waals surface area contributed by atoms with Crippen molar-refractivity contribution < 1.29 is 4.79 Å². The van der Waals surface area contributed by atoms with Crippen molar-refractivity contribution in [3.05, 3.63) is 16.4 Å². The van der Waals surface area contributed by atoms with E-state index >= 15 is 0 Å². The van der Waals surface area contributed by atoms with E-state index in [0.717, 1.165) is 36.0 Å². The SMILES string of the molecule is CCN(CC)C(=O)CCNCc1c(Cl)c(C)nn1CC. The van der Waals surface area contributed by atoms with Gasteiger partial charge in [0.2, 0.25) is 5.91 Å². The van der Waals surface area contributed by atoms with E-state index in [1.807, 2.05) is 37.3 Å². The van der Waals surface area contributed by atoms with Gasteiger partial charge in [0.05, 0.1) is 16.4 Å². The summed E-state index contributed by atoms with van der Waals surface area (Å²) in [6, 6.07) is 0. The second kappa shape index (κ2) is 8.27. The summed E-state index contributed by atoms with van der Waals surface area (Å²) < 4.78 is 1.90. The fourth-order valence-corrected chi connectivity index (χ4v) is 2.38. The molecule has 0 aromatic carbocycles. The molecule has 114 valence electrons. The molecule has 1 N–H and O–H groups in total. The van der Waals surface area contributed by atoms with Gasteiger partial charge in [-0.25, -0.2) is 0 Å². The maximum absolute atomic E-state index is 11.9. The molecule has 1 amide bonds. The average Bonchev–Trinajstić information content (AvgIpc) is 2.72. The minimum Gasteiger partial charge on any atom is -0.343 e. The molecule has 0 saturated heterocycles. The Balaban J connectivity index is 2.44. The Kier molecular flexibility index (Phi) is 7.02. The molecule has 0 spiro atoms. The topological polar surface area (TPSA) is 50.2 Å². The summed E-state index contributed by atoms with van der Waals surface area (Å²) >= 11 is 6.23. The summed E-state index contributed by atoms with van der Waals surface area (Å²) in [4.78, 5) is 13.7. The molecule has 5 nitrogen and oxygen atoms in total. The molecule has 1 rings (SSSR count). The van der Waals surface area contributed by atoms with E-state index in [1.165, 1.54) is 0 Å². The summed E-state index contributed by atoms with van der Waals surface area (Å²) in [5, 5.41) is 8.36. The van der Waals surface area contributed by atoms with E-state index in [2.05, 4.69) is 10.4 Å². The maximum Gasteiger partial charge on any atom is 0.223 e. The highest BCUT2D eigenvalue weighted by atomic mass is 35.5. The lowest BCUT2D eigenvalue weighted by Gasteiger charge is -2.18. The number of hydrogen-bond donors (Lipinski definition) is 1. The van der Waals surface area contributed by atoms with E-state index in [0.29, 0.717) is 19.5 Å². The van der Waals surface area contributed by atoms with Gasteiger partial charge in [0.15, 0.2) is 0 Å². The molecule has 0 unspecified atom stereocenters. The van der Waals surface area contributed by atoms with Gasteiger partial charge in [0.1, 0.15) is 0 Å². The van der Waals surface area contributed by atoms with Crippen molar-refractivity contribution in [2.45, 2.75) is 47.2 Å². The van der Waals surface area contributed by atoms with E-state index in [4.69, 9.17) is 11.6 Å². The van der Waals surface area contributed by atoms with Crippen molar-refractivity contribution in [1.29, 1.82) is 0 Å². The molecule has 1 aromatic rings. The Morgan fingerprint density at radius 3 is 2.55 bits per heavy atom. The molecule has 0 fully saturated rings. The zero-order valence-corrected chi connectivity index (χ0v) is 13.6. The molecule has 0 radical (unpaired) electrons. The molecule has 0 aliphatic heterocycles. The third kappa shape index (κ3) is 4.21. The Morgan fingerprint density at radius 1 is 1.35 bits per heavy atom. The maximum atomic E-state index is 11.9. The van der Waals surface area contributed by atoms with Crippen LogP contribution in [0.15, 0.2) is 0 Å². The number of nitrogens with one attached hydrogen (secondary N) is 1. The van der Waals surface area contributed by atoms with Crippen molar-refractivity contribution >= 4 is 17.5 Å². The molecule has 1 heterocycles. The number of aryl methyl sites for hydroxylation is 2. The van der Waals surface area contributed by atoms with Crippen LogP contribution >= 0.6 is 11.6 Å². The molecule has 20 heavy (non-hydrogen) atoms. The minimum absolute atomic E-state index is 0.189. The molecule has 0 aliphatic carbocycles. The summed E-state index contributed by atoms with van der Waals surface area (Å²) in [6.07, 6.45) is 0.512. The van der Waals surface area contributed by atoms with E-state index < -0.39 is 0 Å². The number of hydrogen-bond acceptors (Lipinski definition) is 3. The van der Waals surface area contributed by atoms with Gasteiger partial charge in [0, 0.05) is 39.1 Å². The second-order valence-electron chi connectivity index (χ2n) is 4.65. The van der Waals surface area contributed by atoms with Crippen LogP contribution in [0.5, 0.6) is 0 Å². The number of nitrogens with zero attached hydrogens (tertiary/aromatic N) is 3. The van der Waals surface area contributed by atoms with Gasteiger partial charge in [-0.3, -0.25) is 9.48 Å². The number of rotatable bonds is 8. The Bertz CT molecular complexity index is 441. The van der Waals surface area contributed by atoms with Crippen LogP contribution in [0.4, 0.5) is 0 Å². The first-order chi connectivity index (χ1) is 9.54. The molecule has 6 heteroatoms. The van der Waals surface area contributed by atoms with E-state index in [1.54, 1.807) is 0 Å². The molecular formula is C14H25ClN4O. The molecule has 1 aromatic heterocycles. The van der Waals surface area contributed by atoms with Crippen LogP contribution in [0.25, 0.3) is 0 Å². The van der Waals surface area contributed by atoms with Crippen LogP contribution in [0, 0.1) is 6.92 Å². The number of halogens is 1. The Hall–Kier alpha value is -1.07. The van der Waals surface area contributed by atoms with Crippen LogP contribution in [-0.4, -0.2) is 40.2 Å². The predicted molar refractivity (Wildman–Crippen MR) is 81.9 cm³/mol. The van der Waals surface area contributed by atoms with Crippen LogP contribution in [-0.2, 0) is 17.9 Å². The molecular weight excluding hydrogens is 276 g/mol. The lowest BCUT2D eigenvalue weighted by Crippen LogP contribution is -2.32. The average molecular weight is 301 g/mol. The number of carbonyl (C=O) groups is 1. The van der Waals surface area contributed by atoms with Gasteiger partial charge in [-0.05, 0) is 27.7 Å². The summed E-state index contributed by atoms with van der Waals surface area (Å²) in [5.74, 6) is 0.189. The predicted octanol–water partition coefficient (Wildman–Crippen LogP) is 2.21. The highest BCUT2D eigenvalue weighted by Crippen LogP contribution is 2.19. The Morgan fingerprint density at radius 2 is 2.00 bits per heavy atom. The van der Waals surface area contributed by atoms with Crippen LogP contribution < -0.4 is 5.32 Å². The number of amides is 1. The molecule has 0 aliphatic rings. The normalized spacial score (nSPS) is 10.8. The van der Waals surface area contributed by atoms with Crippen LogP contribution in [0.3, 0.4) is 0 Å². The van der Waals surface area contributed by atoms with Gasteiger partial charge in [0.25, 0.3) is 0 Å². The van der Waals surface area contributed by atoms with Gasteiger partial charge in [-0.1, -0.05) is 11.6 Å². The van der Waals surface area contributed by atoms with Crippen molar-refractivity contribution in [3.63, 3.8) is 0 Å². The van der Waals surface area contributed by atoms with E-state index in [9.17, 15) is 4.79 Å². The monoisotopic (exact) mass is 300 g/mol. The van der Waals surface area contributed by atoms with Crippen LogP contribution in [0.2, 0.25) is 5.02 Å². The van der Waals surface area contributed by atoms with E-state index in [-0.39, 0.29) is 5.91 Å². The van der Waals surface area contributed by atoms with Crippen molar-refractivity contribution in [1.82, 2.24) is 20.0 Å². The smallest absolute Gasteiger partial charge is 0.223 e. The quantitative estimate of drug-likeness (QED) is 0.749. The first-order valence-corrected chi connectivity index (χ1v) is 7.63. The minimum atomic E-state index is 0.189.